The fourth-order valence-corrected chi connectivity index (χ4v) is 4.21. The summed E-state index contributed by atoms with van der Waals surface area (Å²) in [5, 5.41) is 21.2. The van der Waals surface area contributed by atoms with Crippen LogP contribution in [-0.2, 0) is 10.0 Å². The molecule has 1 unspecified atom stereocenters. The highest BCUT2D eigenvalue weighted by molar-refractivity contribution is 14.0. The van der Waals surface area contributed by atoms with E-state index in [0.29, 0.717) is 25.0 Å². The molecule has 29 heavy (non-hydrogen) atoms. The summed E-state index contributed by atoms with van der Waals surface area (Å²) in [6.45, 7) is 3.21. The summed E-state index contributed by atoms with van der Waals surface area (Å²) >= 11 is 1.65. The van der Waals surface area contributed by atoms with Crippen LogP contribution in [0.25, 0.3) is 0 Å². The molecule has 0 amide bonds. The van der Waals surface area contributed by atoms with Crippen LogP contribution in [0.1, 0.15) is 18.4 Å². The summed E-state index contributed by atoms with van der Waals surface area (Å²) in [6.07, 6.45) is 0. The van der Waals surface area contributed by atoms with Crippen LogP contribution in [0, 0.1) is 10.1 Å². The number of nitrogens with one attached hydrogen (secondary N) is 3. The fraction of sp³-hybridized carbons (Fsp3) is 0.353. The summed E-state index contributed by atoms with van der Waals surface area (Å²) in [5.74, 6) is 0.883. The fourth-order valence-electron chi connectivity index (χ4n) is 2.36. The number of rotatable bonds is 9. The number of hydrogen-bond acceptors (Lipinski definition) is 6. The normalized spacial score (nSPS) is 12.7. The maximum Gasteiger partial charge on any atom is 0.270 e. The molecule has 0 saturated carbocycles. The molecule has 0 aliphatic carbocycles. The topological polar surface area (TPSA) is 126 Å². The van der Waals surface area contributed by atoms with E-state index in [9.17, 15) is 18.5 Å². The van der Waals surface area contributed by atoms with Gasteiger partial charge < -0.3 is 10.6 Å². The summed E-state index contributed by atoms with van der Waals surface area (Å²) in [7, 11) is -2.19. The van der Waals surface area contributed by atoms with E-state index in [-0.39, 0.29) is 41.1 Å². The van der Waals surface area contributed by atoms with Gasteiger partial charge in [-0.1, -0.05) is 13.0 Å². The van der Waals surface area contributed by atoms with Gasteiger partial charge in [0.1, 0.15) is 0 Å². The van der Waals surface area contributed by atoms with Crippen molar-refractivity contribution in [3.8, 4) is 0 Å². The summed E-state index contributed by atoms with van der Waals surface area (Å²) in [5.41, 5.74) is 0.975. The molecule has 1 heterocycles. The average Bonchev–Trinajstić information content (AvgIpc) is 3.22. The highest BCUT2D eigenvalue weighted by Gasteiger charge is 2.17. The van der Waals surface area contributed by atoms with Crippen molar-refractivity contribution < 1.29 is 13.3 Å². The minimum atomic E-state index is -3.83. The number of guanidine groups is 1. The van der Waals surface area contributed by atoms with Crippen molar-refractivity contribution in [2.24, 2.45) is 4.99 Å². The number of aliphatic imine (C=N–C) groups is 1. The Morgan fingerprint density at radius 3 is 2.66 bits per heavy atom. The highest BCUT2D eigenvalue weighted by atomic mass is 127. The van der Waals surface area contributed by atoms with Gasteiger partial charge in [0.25, 0.3) is 5.69 Å². The first-order valence-electron chi connectivity index (χ1n) is 8.54. The van der Waals surface area contributed by atoms with E-state index < -0.39 is 14.9 Å². The predicted octanol–water partition coefficient (Wildman–Crippen LogP) is 2.52. The van der Waals surface area contributed by atoms with E-state index >= 15 is 0 Å². The molecule has 0 aliphatic rings. The van der Waals surface area contributed by atoms with Crippen LogP contribution >= 0.6 is 35.3 Å². The Morgan fingerprint density at radius 2 is 2.03 bits per heavy atom. The van der Waals surface area contributed by atoms with E-state index in [1.54, 1.807) is 18.4 Å². The molecule has 1 aromatic carbocycles. The summed E-state index contributed by atoms with van der Waals surface area (Å²) < 4.78 is 26.9. The molecule has 2 aromatic rings. The maximum absolute atomic E-state index is 12.3. The van der Waals surface area contributed by atoms with Crippen LogP contribution in [-0.4, -0.2) is 46.0 Å². The Morgan fingerprint density at radius 1 is 1.28 bits per heavy atom. The highest BCUT2D eigenvalue weighted by Crippen LogP contribution is 2.17. The quantitative estimate of drug-likeness (QED) is 0.110. The average molecular weight is 553 g/mol. The standard InChI is InChI=1S/C17H23N5O4S2.HI/c1-13(14-6-9-27-12-14)11-20-17(18-2)19-7-8-21-28(25,26)16-5-3-4-15(10-16)22(23)24;/h3-6,9-10,12-13,21H,7-8,11H2,1-2H3,(H2,18,19,20);1H. The molecule has 0 spiro atoms. The van der Waals surface area contributed by atoms with E-state index in [1.807, 2.05) is 5.38 Å². The predicted molar refractivity (Wildman–Crippen MR) is 126 cm³/mol. The number of nitro benzene ring substituents is 1. The number of hydrogen-bond donors (Lipinski definition) is 3. The molecule has 0 radical (unpaired) electrons. The number of sulfonamides is 1. The second-order valence-electron chi connectivity index (χ2n) is 5.99. The van der Waals surface area contributed by atoms with Crippen LogP contribution in [0.3, 0.4) is 0 Å². The van der Waals surface area contributed by atoms with Gasteiger partial charge in [0.15, 0.2) is 5.96 Å². The first-order valence-corrected chi connectivity index (χ1v) is 11.0. The Balaban J connectivity index is 0.00000420. The van der Waals surface area contributed by atoms with Gasteiger partial charge in [0.05, 0.1) is 9.82 Å². The van der Waals surface area contributed by atoms with Crippen molar-refractivity contribution in [1.29, 1.82) is 0 Å². The van der Waals surface area contributed by atoms with Crippen molar-refractivity contribution in [2.45, 2.75) is 17.7 Å². The third kappa shape index (κ3) is 7.87. The zero-order valence-electron chi connectivity index (χ0n) is 16.0. The lowest BCUT2D eigenvalue weighted by atomic mass is 10.1. The van der Waals surface area contributed by atoms with Gasteiger partial charge in [0, 0.05) is 38.8 Å². The lowest BCUT2D eigenvalue weighted by Crippen LogP contribution is -2.42. The zero-order chi connectivity index (χ0) is 20.6. The molecule has 9 nitrogen and oxygen atoms in total. The molecule has 0 fully saturated rings. The SMILES string of the molecule is CN=C(NCCNS(=O)(=O)c1cccc([N+](=O)[O-])c1)NCC(C)c1ccsc1.I. The molecule has 12 heteroatoms. The molecule has 160 valence electrons. The molecule has 2 rings (SSSR count). The summed E-state index contributed by atoms with van der Waals surface area (Å²) in [6, 6.07) is 7.01. The third-order valence-corrected chi connectivity index (χ3v) is 6.12. The monoisotopic (exact) mass is 553 g/mol. The number of halogens is 1. The van der Waals surface area contributed by atoms with Gasteiger partial charge in [-0.3, -0.25) is 15.1 Å². The Kier molecular flexibility index (Phi) is 10.5. The molecule has 1 atom stereocenters. The number of benzene rings is 1. The minimum Gasteiger partial charge on any atom is -0.356 e. The molecule has 0 bridgehead atoms. The van der Waals surface area contributed by atoms with Gasteiger partial charge in [-0.25, -0.2) is 13.1 Å². The van der Waals surface area contributed by atoms with Crippen LogP contribution < -0.4 is 15.4 Å². The van der Waals surface area contributed by atoms with Gasteiger partial charge in [-0.05, 0) is 34.4 Å². The van der Waals surface area contributed by atoms with Gasteiger partial charge in [-0.2, -0.15) is 11.3 Å². The van der Waals surface area contributed by atoms with Crippen molar-refractivity contribution in [3.05, 3.63) is 56.8 Å². The smallest absolute Gasteiger partial charge is 0.270 e. The van der Waals surface area contributed by atoms with Gasteiger partial charge >= 0.3 is 0 Å². The molecule has 0 aliphatic heterocycles. The van der Waals surface area contributed by atoms with E-state index in [0.717, 1.165) is 6.07 Å². The second kappa shape index (κ2) is 12.0. The second-order valence-corrected chi connectivity index (χ2v) is 8.54. The Hall–Kier alpha value is -1.77. The van der Waals surface area contributed by atoms with Gasteiger partial charge in [0.2, 0.25) is 10.0 Å². The number of thiophene rings is 1. The molecule has 1 aromatic heterocycles. The van der Waals surface area contributed by atoms with Crippen molar-refractivity contribution in [1.82, 2.24) is 15.4 Å². The van der Waals surface area contributed by atoms with Crippen LogP contribution in [0.5, 0.6) is 0 Å². The Labute approximate surface area is 191 Å². The van der Waals surface area contributed by atoms with E-state index in [2.05, 4.69) is 38.7 Å². The lowest BCUT2D eigenvalue weighted by Gasteiger charge is -2.15. The molecular weight excluding hydrogens is 529 g/mol. The number of nitrogens with zero attached hydrogens (tertiary/aromatic N) is 2. The van der Waals surface area contributed by atoms with E-state index in [1.165, 1.54) is 23.8 Å². The van der Waals surface area contributed by atoms with Crippen molar-refractivity contribution in [2.75, 3.05) is 26.7 Å². The van der Waals surface area contributed by atoms with Crippen LogP contribution in [0.4, 0.5) is 5.69 Å². The van der Waals surface area contributed by atoms with E-state index in [4.69, 9.17) is 0 Å². The number of non-ortho nitro benzene ring substituents is 1. The first-order chi connectivity index (χ1) is 13.3. The summed E-state index contributed by atoms with van der Waals surface area (Å²) in [4.78, 5) is 14.1. The molecule has 3 N–H and O–H groups in total. The first kappa shape index (κ1) is 25.3. The van der Waals surface area contributed by atoms with Crippen LogP contribution in [0.15, 0.2) is 51.0 Å². The Bertz CT molecular complexity index is 920. The largest absolute Gasteiger partial charge is 0.356 e. The lowest BCUT2D eigenvalue weighted by molar-refractivity contribution is -0.385. The number of nitro groups is 1. The van der Waals surface area contributed by atoms with Crippen molar-refractivity contribution in [3.63, 3.8) is 0 Å². The minimum absolute atomic E-state index is 0. The molecular formula is C17H24IN5O4S2. The van der Waals surface area contributed by atoms with Crippen molar-refractivity contribution >= 4 is 57.0 Å². The third-order valence-electron chi connectivity index (χ3n) is 3.96. The maximum atomic E-state index is 12.3. The van der Waals surface area contributed by atoms with Gasteiger partial charge in [-0.15, -0.1) is 24.0 Å². The van der Waals surface area contributed by atoms with Crippen LogP contribution in [0.2, 0.25) is 0 Å². The molecule has 0 saturated heterocycles. The zero-order valence-corrected chi connectivity index (χ0v) is 20.0.